The van der Waals surface area contributed by atoms with Crippen LogP contribution in [0.4, 0.5) is 5.82 Å². The molecule has 2 aromatic heterocycles. The first-order chi connectivity index (χ1) is 8.69. The zero-order chi connectivity index (χ0) is 13.0. The van der Waals surface area contributed by atoms with Gasteiger partial charge in [0.05, 0.1) is 23.0 Å². The van der Waals surface area contributed by atoms with Gasteiger partial charge in [-0.05, 0) is 25.5 Å². The Morgan fingerprint density at radius 2 is 2.22 bits per heavy atom. The zero-order valence-corrected chi connectivity index (χ0v) is 11.4. The molecule has 0 aliphatic heterocycles. The third-order valence-corrected chi connectivity index (χ3v) is 2.94. The second kappa shape index (κ2) is 5.87. The molecule has 0 unspecified atom stereocenters. The van der Waals surface area contributed by atoms with Gasteiger partial charge < -0.3 is 5.32 Å². The van der Waals surface area contributed by atoms with Gasteiger partial charge >= 0.3 is 0 Å². The summed E-state index contributed by atoms with van der Waals surface area (Å²) in [5.41, 5.74) is 1.81. The van der Waals surface area contributed by atoms with Crippen LogP contribution >= 0.6 is 11.6 Å². The second-order valence-electron chi connectivity index (χ2n) is 4.20. The van der Waals surface area contributed by atoms with Crippen LogP contribution in [0.5, 0.6) is 0 Å². The molecule has 0 spiro atoms. The molecule has 1 N–H and O–H groups in total. The Morgan fingerprint density at radius 3 is 2.89 bits per heavy atom. The van der Waals surface area contributed by atoms with Gasteiger partial charge in [0.15, 0.2) is 0 Å². The Kier molecular flexibility index (Phi) is 4.20. The van der Waals surface area contributed by atoms with E-state index in [0.717, 1.165) is 30.2 Å². The maximum absolute atomic E-state index is 5.98. The number of anilines is 1. The molecule has 2 rings (SSSR count). The van der Waals surface area contributed by atoms with Crippen molar-refractivity contribution in [3.05, 3.63) is 40.8 Å². The number of hydrogen-bond acceptors (Lipinski definition) is 3. The number of rotatable bonds is 5. The van der Waals surface area contributed by atoms with Gasteiger partial charge in [-0.3, -0.25) is 4.68 Å². The molecule has 0 aliphatic rings. The SMILES string of the molecule is CCCNc1cccc(Cn2cc(Cl)c(C)n2)n1. The van der Waals surface area contributed by atoms with E-state index >= 15 is 0 Å². The van der Waals surface area contributed by atoms with Gasteiger partial charge in [0.25, 0.3) is 0 Å². The molecule has 0 fully saturated rings. The van der Waals surface area contributed by atoms with Gasteiger partial charge in [0.2, 0.25) is 0 Å². The highest BCUT2D eigenvalue weighted by molar-refractivity contribution is 6.31. The zero-order valence-electron chi connectivity index (χ0n) is 10.7. The van der Waals surface area contributed by atoms with Crippen molar-refractivity contribution in [2.24, 2.45) is 0 Å². The van der Waals surface area contributed by atoms with Crippen molar-refractivity contribution in [2.75, 3.05) is 11.9 Å². The van der Waals surface area contributed by atoms with E-state index in [1.54, 1.807) is 0 Å². The first-order valence-corrected chi connectivity index (χ1v) is 6.46. The molecule has 0 saturated heterocycles. The summed E-state index contributed by atoms with van der Waals surface area (Å²) in [6.45, 7) is 5.59. The molecule has 0 saturated carbocycles. The molecule has 2 heterocycles. The third kappa shape index (κ3) is 3.23. The molecule has 0 bridgehead atoms. The Morgan fingerprint density at radius 1 is 1.39 bits per heavy atom. The number of halogens is 1. The van der Waals surface area contributed by atoms with E-state index in [1.165, 1.54) is 0 Å². The van der Waals surface area contributed by atoms with Gasteiger partial charge in [-0.25, -0.2) is 4.98 Å². The maximum atomic E-state index is 5.98. The minimum absolute atomic E-state index is 0.634. The lowest BCUT2D eigenvalue weighted by atomic mass is 10.3. The van der Waals surface area contributed by atoms with Crippen molar-refractivity contribution < 1.29 is 0 Å². The molecular formula is C13H17ClN4. The molecule has 2 aromatic rings. The molecule has 96 valence electrons. The fourth-order valence-electron chi connectivity index (χ4n) is 1.66. The molecule has 0 atom stereocenters. The van der Waals surface area contributed by atoms with Crippen LogP contribution < -0.4 is 5.32 Å². The first kappa shape index (κ1) is 12.9. The first-order valence-electron chi connectivity index (χ1n) is 6.08. The number of hydrogen-bond donors (Lipinski definition) is 1. The third-order valence-electron chi connectivity index (χ3n) is 2.57. The molecule has 0 amide bonds. The number of nitrogens with one attached hydrogen (secondary N) is 1. The molecule has 0 aromatic carbocycles. The summed E-state index contributed by atoms with van der Waals surface area (Å²) >= 11 is 5.98. The van der Waals surface area contributed by atoms with Crippen molar-refractivity contribution in [1.82, 2.24) is 14.8 Å². The van der Waals surface area contributed by atoms with Crippen LogP contribution in [0.2, 0.25) is 5.02 Å². The summed E-state index contributed by atoms with van der Waals surface area (Å²) in [5, 5.41) is 8.28. The monoisotopic (exact) mass is 264 g/mol. The van der Waals surface area contributed by atoms with Crippen molar-refractivity contribution >= 4 is 17.4 Å². The lowest BCUT2D eigenvalue weighted by molar-refractivity contribution is 0.666. The largest absolute Gasteiger partial charge is 0.370 e. The Hall–Kier alpha value is -1.55. The molecule has 18 heavy (non-hydrogen) atoms. The highest BCUT2D eigenvalue weighted by Crippen LogP contribution is 2.13. The van der Waals surface area contributed by atoms with Crippen LogP contribution in [0.1, 0.15) is 24.7 Å². The second-order valence-corrected chi connectivity index (χ2v) is 4.61. The molecule has 0 aliphatic carbocycles. The predicted octanol–water partition coefficient (Wildman–Crippen LogP) is 3.11. The van der Waals surface area contributed by atoms with Crippen LogP contribution in [0.3, 0.4) is 0 Å². The summed E-state index contributed by atoms with van der Waals surface area (Å²) in [5.74, 6) is 0.907. The van der Waals surface area contributed by atoms with Crippen LogP contribution in [-0.2, 0) is 6.54 Å². The van der Waals surface area contributed by atoms with E-state index in [9.17, 15) is 0 Å². The van der Waals surface area contributed by atoms with Crippen molar-refractivity contribution in [2.45, 2.75) is 26.8 Å². The van der Waals surface area contributed by atoms with Crippen molar-refractivity contribution in [3.8, 4) is 0 Å². The minimum atomic E-state index is 0.634. The van der Waals surface area contributed by atoms with E-state index in [1.807, 2.05) is 36.0 Å². The van der Waals surface area contributed by atoms with Crippen LogP contribution in [0.15, 0.2) is 24.4 Å². The van der Waals surface area contributed by atoms with E-state index in [0.29, 0.717) is 11.6 Å². The van der Waals surface area contributed by atoms with Crippen LogP contribution in [0, 0.1) is 6.92 Å². The lowest BCUT2D eigenvalue weighted by Gasteiger charge is -2.06. The Balaban J connectivity index is 2.09. The minimum Gasteiger partial charge on any atom is -0.370 e. The van der Waals surface area contributed by atoms with Crippen molar-refractivity contribution in [3.63, 3.8) is 0 Å². The van der Waals surface area contributed by atoms with E-state index in [4.69, 9.17) is 11.6 Å². The fourth-order valence-corrected chi connectivity index (χ4v) is 1.81. The van der Waals surface area contributed by atoms with Gasteiger partial charge in [-0.2, -0.15) is 5.10 Å². The number of pyridine rings is 1. The highest BCUT2D eigenvalue weighted by Gasteiger charge is 2.04. The number of aryl methyl sites for hydroxylation is 1. The predicted molar refractivity (Wildman–Crippen MR) is 74.1 cm³/mol. The van der Waals surface area contributed by atoms with Crippen LogP contribution in [-0.4, -0.2) is 21.3 Å². The summed E-state index contributed by atoms with van der Waals surface area (Å²) in [6, 6.07) is 5.96. The summed E-state index contributed by atoms with van der Waals surface area (Å²) in [4.78, 5) is 4.53. The molecular weight excluding hydrogens is 248 g/mol. The summed E-state index contributed by atoms with van der Waals surface area (Å²) in [7, 11) is 0. The Bertz CT molecular complexity index is 502. The highest BCUT2D eigenvalue weighted by atomic mass is 35.5. The van der Waals surface area contributed by atoms with Gasteiger partial charge in [0.1, 0.15) is 5.82 Å². The average Bonchev–Trinajstić information content (AvgIpc) is 2.66. The molecule has 5 heteroatoms. The van der Waals surface area contributed by atoms with Gasteiger partial charge in [-0.1, -0.05) is 24.6 Å². The Labute approximate surface area is 112 Å². The average molecular weight is 265 g/mol. The number of aromatic nitrogens is 3. The molecule has 4 nitrogen and oxygen atoms in total. The quantitative estimate of drug-likeness (QED) is 0.902. The van der Waals surface area contributed by atoms with Crippen molar-refractivity contribution in [1.29, 1.82) is 0 Å². The van der Waals surface area contributed by atoms with Gasteiger partial charge in [0, 0.05) is 12.7 Å². The number of nitrogens with zero attached hydrogens (tertiary/aromatic N) is 3. The standard InChI is InChI=1S/C13H17ClN4/c1-3-7-15-13-6-4-5-11(16-13)8-18-9-12(14)10(2)17-18/h4-6,9H,3,7-8H2,1-2H3,(H,15,16). The van der Waals surface area contributed by atoms with Gasteiger partial charge in [-0.15, -0.1) is 0 Å². The lowest BCUT2D eigenvalue weighted by Crippen LogP contribution is -2.06. The fraction of sp³-hybridized carbons (Fsp3) is 0.385. The normalized spacial score (nSPS) is 10.6. The summed E-state index contributed by atoms with van der Waals surface area (Å²) < 4.78 is 1.81. The maximum Gasteiger partial charge on any atom is 0.126 e. The molecule has 0 radical (unpaired) electrons. The van der Waals surface area contributed by atoms with E-state index in [-0.39, 0.29) is 0 Å². The topological polar surface area (TPSA) is 42.7 Å². The smallest absolute Gasteiger partial charge is 0.126 e. The van der Waals surface area contributed by atoms with E-state index in [2.05, 4.69) is 22.3 Å². The summed E-state index contributed by atoms with van der Waals surface area (Å²) in [6.07, 6.45) is 2.91. The van der Waals surface area contributed by atoms with E-state index < -0.39 is 0 Å². The van der Waals surface area contributed by atoms with Crippen LogP contribution in [0.25, 0.3) is 0 Å².